The van der Waals surface area contributed by atoms with Crippen LogP contribution >= 0.6 is 0 Å². The van der Waals surface area contributed by atoms with Crippen molar-refractivity contribution < 1.29 is 34.1 Å². The molecule has 1 aromatic heterocycles. The molecule has 1 aliphatic carbocycles. The number of fused-ring (bicyclic) bond motifs is 1. The quantitative estimate of drug-likeness (QED) is 0.355. The number of nitrogens with one attached hydrogen (secondary N) is 2. The van der Waals surface area contributed by atoms with Crippen LogP contribution in [0.15, 0.2) is 29.1 Å². The molecule has 42 heavy (non-hydrogen) atoms. The summed E-state index contributed by atoms with van der Waals surface area (Å²) in [7, 11) is 4.28. The normalized spacial score (nSPS) is 21.1. The first-order chi connectivity index (χ1) is 19.6. The van der Waals surface area contributed by atoms with Gasteiger partial charge in [-0.05, 0) is 90.7 Å². The second-order valence-corrected chi connectivity index (χ2v) is 11.3. The zero-order valence-corrected chi connectivity index (χ0v) is 25.3. The summed E-state index contributed by atoms with van der Waals surface area (Å²) in [6, 6.07) is 4.37. The number of carboxylic acids is 2. The van der Waals surface area contributed by atoms with Gasteiger partial charge in [0, 0.05) is 60.0 Å². The van der Waals surface area contributed by atoms with E-state index in [0.29, 0.717) is 41.0 Å². The smallest absolute Gasteiger partial charge is 0.328 e. The molecule has 0 bridgehead atoms. The summed E-state index contributed by atoms with van der Waals surface area (Å²) >= 11 is 0. The lowest BCUT2D eigenvalue weighted by Gasteiger charge is -2.39. The maximum absolute atomic E-state index is 13.1. The van der Waals surface area contributed by atoms with E-state index in [-0.39, 0.29) is 18.0 Å². The number of benzene rings is 1. The molecule has 0 unspecified atom stereocenters. The fourth-order valence-corrected chi connectivity index (χ4v) is 5.56. The summed E-state index contributed by atoms with van der Waals surface area (Å²) in [4.78, 5) is 49.6. The highest BCUT2D eigenvalue weighted by atomic mass is 16.7. The molecule has 1 amide bonds. The van der Waals surface area contributed by atoms with Gasteiger partial charge in [-0.1, -0.05) is 0 Å². The van der Waals surface area contributed by atoms with Crippen molar-refractivity contribution in [1.29, 1.82) is 0 Å². The highest BCUT2D eigenvalue weighted by molar-refractivity contribution is 5.97. The number of carbonyl (C=O) groups excluding carboxylic acids is 1. The molecule has 1 aromatic carbocycles. The number of hydrogen-bond donors (Lipinski definition) is 4. The van der Waals surface area contributed by atoms with Crippen LogP contribution in [0.2, 0.25) is 0 Å². The van der Waals surface area contributed by atoms with Crippen LogP contribution in [-0.4, -0.2) is 63.9 Å². The summed E-state index contributed by atoms with van der Waals surface area (Å²) in [5, 5.41) is 18.5. The highest BCUT2D eigenvalue weighted by Crippen LogP contribution is 2.50. The van der Waals surface area contributed by atoms with E-state index < -0.39 is 17.7 Å². The van der Waals surface area contributed by atoms with Crippen molar-refractivity contribution >= 4 is 17.8 Å². The predicted octanol–water partition coefficient (Wildman–Crippen LogP) is 3.86. The van der Waals surface area contributed by atoms with Gasteiger partial charge in [-0.2, -0.15) is 0 Å². The minimum atomic E-state index is -1.26. The molecule has 228 valence electrons. The Bertz CT molecular complexity index is 1420. The second kappa shape index (κ2) is 13.2. The minimum Gasteiger partial charge on any atom is -0.478 e. The molecule has 0 spiro atoms. The second-order valence-electron chi connectivity index (χ2n) is 11.3. The lowest BCUT2D eigenvalue weighted by Crippen LogP contribution is -2.46. The fourth-order valence-electron chi connectivity index (χ4n) is 5.56. The van der Waals surface area contributed by atoms with E-state index in [9.17, 15) is 19.2 Å². The van der Waals surface area contributed by atoms with E-state index in [1.165, 1.54) is 0 Å². The van der Waals surface area contributed by atoms with Gasteiger partial charge in [0.05, 0.1) is 0 Å². The number of aromatic amines is 1. The number of aromatic nitrogens is 1. The van der Waals surface area contributed by atoms with Gasteiger partial charge in [-0.3, -0.25) is 9.59 Å². The van der Waals surface area contributed by atoms with E-state index in [4.69, 9.17) is 19.7 Å². The van der Waals surface area contributed by atoms with Crippen LogP contribution in [0.4, 0.5) is 0 Å². The van der Waals surface area contributed by atoms with Crippen molar-refractivity contribution in [2.45, 2.75) is 78.7 Å². The molecule has 11 heteroatoms. The number of H-pyrrole nitrogens is 1. The van der Waals surface area contributed by atoms with Crippen molar-refractivity contribution in [2.24, 2.45) is 5.92 Å². The molecule has 2 aromatic rings. The summed E-state index contributed by atoms with van der Waals surface area (Å²) in [5.41, 5.74) is 4.24. The Labute approximate surface area is 245 Å². The Hall–Kier alpha value is -4.12. The average molecular weight is 584 g/mol. The van der Waals surface area contributed by atoms with Crippen LogP contribution in [0.3, 0.4) is 0 Å². The van der Waals surface area contributed by atoms with E-state index in [1.54, 1.807) is 0 Å². The zero-order chi connectivity index (χ0) is 31.4. The van der Waals surface area contributed by atoms with Gasteiger partial charge in [0.15, 0.2) is 11.5 Å². The van der Waals surface area contributed by atoms with Gasteiger partial charge in [-0.15, -0.1) is 0 Å². The number of hydrogen-bond acceptors (Lipinski definition) is 7. The Morgan fingerprint density at radius 2 is 1.55 bits per heavy atom. The SMILES string of the molecule is Cc1cc(C)c(CNC(=O)c2cc(C)c3c(c2C)O[C@@](C)(C2CCC(N(C)C)CC2)O3)c(=O)[nH]1.O=C(O)/C=C\C(=O)O. The van der Waals surface area contributed by atoms with E-state index >= 15 is 0 Å². The Morgan fingerprint density at radius 3 is 2.07 bits per heavy atom. The van der Waals surface area contributed by atoms with Gasteiger partial charge < -0.3 is 34.9 Å². The maximum Gasteiger partial charge on any atom is 0.328 e. The molecule has 1 aliphatic heterocycles. The Morgan fingerprint density at radius 1 is 0.976 bits per heavy atom. The van der Waals surface area contributed by atoms with Crippen LogP contribution in [0, 0.1) is 33.6 Å². The van der Waals surface area contributed by atoms with Gasteiger partial charge in [0.25, 0.3) is 17.3 Å². The van der Waals surface area contributed by atoms with Crippen LogP contribution in [-0.2, 0) is 16.1 Å². The van der Waals surface area contributed by atoms with Crippen LogP contribution < -0.4 is 20.3 Å². The number of aliphatic carboxylic acids is 2. The monoisotopic (exact) mass is 583 g/mol. The molecule has 11 nitrogen and oxygen atoms in total. The topological polar surface area (TPSA) is 158 Å². The molecule has 1 saturated carbocycles. The highest BCUT2D eigenvalue weighted by Gasteiger charge is 2.47. The van der Waals surface area contributed by atoms with Crippen LogP contribution in [0.25, 0.3) is 0 Å². The Balaban J connectivity index is 0.000000531. The molecule has 2 aliphatic rings. The number of carboxylic acid groups (broad SMARTS) is 2. The number of pyridine rings is 1. The molecular formula is C31H41N3O8. The molecule has 1 atom stereocenters. The zero-order valence-electron chi connectivity index (χ0n) is 25.3. The molecule has 0 saturated heterocycles. The van der Waals surface area contributed by atoms with Crippen molar-refractivity contribution in [3.63, 3.8) is 0 Å². The number of ether oxygens (including phenoxy) is 2. The largest absolute Gasteiger partial charge is 0.478 e. The molecule has 4 N–H and O–H groups in total. The Kier molecular flexibility index (Phi) is 10.2. The number of amides is 1. The van der Waals surface area contributed by atoms with E-state index in [2.05, 4.69) is 29.3 Å². The summed E-state index contributed by atoms with van der Waals surface area (Å²) in [6.45, 7) is 9.76. The van der Waals surface area contributed by atoms with Gasteiger partial charge in [-0.25, -0.2) is 9.59 Å². The third-order valence-corrected chi connectivity index (χ3v) is 7.98. The first-order valence-electron chi connectivity index (χ1n) is 13.9. The van der Waals surface area contributed by atoms with Crippen molar-refractivity contribution in [3.8, 4) is 11.5 Å². The number of carbonyl (C=O) groups is 3. The standard InChI is InChI=1S/C27H37N3O4.C4H4O4/c1-15-12-17(3)29-26(32)22(15)14-28-25(31)21-13-16(2)23-24(18(21)4)34-27(5,33-23)19-8-10-20(11-9-19)30(6)7;5-3(6)1-2-4(7)8/h12-13,19-20H,8-11,14H2,1-7H3,(H,28,31)(H,29,32);1-2H,(H,5,6)(H,7,8)/b;2-1-/t19?,20?,27-;/m0./s1. The summed E-state index contributed by atoms with van der Waals surface area (Å²) in [6.07, 6.45) is 5.45. The first-order valence-corrected chi connectivity index (χ1v) is 13.9. The molecule has 2 heterocycles. The first kappa shape index (κ1) is 32.4. The van der Waals surface area contributed by atoms with Gasteiger partial charge >= 0.3 is 11.9 Å². The fraction of sp³-hybridized carbons (Fsp3) is 0.484. The third-order valence-electron chi connectivity index (χ3n) is 7.98. The van der Waals surface area contributed by atoms with E-state index in [0.717, 1.165) is 53.8 Å². The number of nitrogens with zero attached hydrogens (tertiary/aromatic N) is 1. The third kappa shape index (κ3) is 7.58. The van der Waals surface area contributed by atoms with Crippen molar-refractivity contribution in [2.75, 3.05) is 14.1 Å². The molecule has 4 rings (SSSR count). The van der Waals surface area contributed by atoms with E-state index in [1.807, 2.05) is 46.8 Å². The van der Waals surface area contributed by atoms with Gasteiger partial charge in [0.1, 0.15) is 0 Å². The average Bonchev–Trinajstić information content (AvgIpc) is 3.29. The maximum atomic E-state index is 13.1. The summed E-state index contributed by atoms with van der Waals surface area (Å²) < 4.78 is 12.9. The van der Waals surface area contributed by atoms with Crippen LogP contribution in [0.1, 0.15) is 70.9 Å². The molecule has 0 radical (unpaired) electrons. The lowest BCUT2D eigenvalue weighted by atomic mass is 9.81. The van der Waals surface area contributed by atoms with Gasteiger partial charge in [0.2, 0.25) is 0 Å². The number of aryl methyl sites for hydroxylation is 3. The molecular weight excluding hydrogens is 542 g/mol. The van der Waals surface area contributed by atoms with Crippen molar-refractivity contribution in [3.05, 3.63) is 68.1 Å². The van der Waals surface area contributed by atoms with Crippen molar-refractivity contribution in [1.82, 2.24) is 15.2 Å². The summed E-state index contributed by atoms with van der Waals surface area (Å²) in [5.74, 6) is -1.78. The van der Waals surface area contributed by atoms with Crippen LogP contribution in [0.5, 0.6) is 11.5 Å². The minimum absolute atomic E-state index is 0.167. The number of rotatable bonds is 7. The molecule has 1 fully saturated rings. The lowest BCUT2D eigenvalue weighted by molar-refractivity contribution is -0.134. The predicted molar refractivity (Wildman–Crippen MR) is 157 cm³/mol.